The second-order valence-corrected chi connectivity index (χ2v) is 11.0. The van der Waals surface area contributed by atoms with Crippen LogP contribution in [-0.4, -0.2) is 42.0 Å². The van der Waals surface area contributed by atoms with E-state index in [4.69, 9.17) is 25.1 Å². The third kappa shape index (κ3) is 9.08. The van der Waals surface area contributed by atoms with Crippen LogP contribution >= 0.6 is 0 Å². The molecule has 1 heterocycles. The highest BCUT2D eigenvalue weighted by atomic mass is 19.4. The van der Waals surface area contributed by atoms with E-state index in [9.17, 15) is 18.0 Å². The molecule has 2 atom stereocenters. The van der Waals surface area contributed by atoms with Crippen LogP contribution in [0.25, 0.3) is 10.4 Å². The van der Waals surface area contributed by atoms with Crippen molar-refractivity contribution in [2.45, 2.75) is 43.9 Å². The molecule has 1 aliphatic rings. The van der Waals surface area contributed by atoms with Crippen molar-refractivity contribution in [3.63, 3.8) is 0 Å². The van der Waals surface area contributed by atoms with Crippen molar-refractivity contribution < 1.29 is 37.3 Å². The van der Waals surface area contributed by atoms with Crippen LogP contribution in [0, 0.1) is 0 Å². The molecule has 0 unspecified atom stereocenters. The molecule has 0 saturated heterocycles. The topological polar surface area (TPSA) is 150 Å². The fourth-order valence-electron chi connectivity index (χ4n) is 5.34. The number of hydrogen-bond donors (Lipinski definition) is 3. The minimum atomic E-state index is -4.81. The van der Waals surface area contributed by atoms with E-state index in [0.29, 0.717) is 46.6 Å². The number of halogens is 3. The number of aliphatic imine (C=N–C) groups is 1. The van der Waals surface area contributed by atoms with Gasteiger partial charge in [0, 0.05) is 36.5 Å². The molecule has 49 heavy (non-hydrogen) atoms. The SMILES string of the molecule is [N-]=[N+]=NCc1ccccc1C[C@]1(C(=O)NNCc2ccc(OC(F)(F)F)cc2)N=C(c2ccc(OCCCO)cc2)O[C@H]1c1ccccc1. The molecule has 14 heteroatoms. The Kier molecular flexibility index (Phi) is 11.4. The predicted molar refractivity (Wildman–Crippen MR) is 174 cm³/mol. The lowest BCUT2D eigenvalue weighted by Gasteiger charge is -2.31. The summed E-state index contributed by atoms with van der Waals surface area (Å²) in [5, 5.41) is 12.8. The van der Waals surface area contributed by atoms with Crippen LogP contribution in [0.1, 0.15) is 40.3 Å². The maximum absolute atomic E-state index is 14.4. The number of nitrogens with one attached hydrogen (secondary N) is 2. The number of hydrazine groups is 1. The van der Waals surface area contributed by atoms with Gasteiger partial charge in [-0.15, -0.1) is 13.2 Å². The third-order valence-electron chi connectivity index (χ3n) is 7.67. The standard InChI is InChI=1S/C35H33F3N6O5/c36-35(37,38)49-30-15-11-24(12-16-30)22-40-43-33(46)34(21-27-9-4-5-10-28(27)23-41-44-39)31(25-7-2-1-3-8-25)48-32(42-34)26-13-17-29(18-14-26)47-20-6-19-45/h1-5,7-18,31,40,45H,6,19-23H2,(H,43,46)/t31-,34-/m0/s1. The molecule has 11 nitrogen and oxygen atoms in total. The second kappa shape index (κ2) is 16.0. The van der Waals surface area contributed by atoms with Gasteiger partial charge in [0.2, 0.25) is 5.90 Å². The fraction of sp³-hybridized carbons (Fsp3) is 0.257. The van der Waals surface area contributed by atoms with Gasteiger partial charge < -0.3 is 19.3 Å². The average Bonchev–Trinajstić information content (AvgIpc) is 3.49. The van der Waals surface area contributed by atoms with Crippen molar-refractivity contribution in [1.29, 1.82) is 0 Å². The molecule has 254 valence electrons. The monoisotopic (exact) mass is 674 g/mol. The van der Waals surface area contributed by atoms with Crippen LogP contribution in [0.5, 0.6) is 11.5 Å². The van der Waals surface area contributed by atoms with Crippen LogP contribution in [0.3, 0.4) is 0 Å². The number of carbonyl (C=O) groups excluding carboxylic acids is 1. The summed E-state index contributed by atoms with van der Waals surface area (Å²) in [7, 11) is 0. The Balaban J connectivity index is 1.48. The summed E-state index contributed by atoms with van der Waals surface area (Å²) in [4.78, 5) is 22.3. The summed E-state index contributed by atoms with van der Waals surface area (Å²) in [6.07, 6.45) is -5.15. The molecule has 4 aromatic carbocycles. The maximum atomic E-state index is 14.4. The van der Waals surface area contributed by atoms with Gasteiger partial charge in [-0.25, -0.2) is 10.4 Å². The minimum Gasteiger partial charge on any atom is -0.494 e. The van der Waals surface area contributed by atoms with E-state index in [1.165, 1.54) is 24.3 Å². The number of aliphatic hydroxyl groups excluding tert-OH is 1. The van der Waals surface area contributed by atoms with Gasteiger partial charge in [-0.2, -0.15) is 0 Å². The molecule has 0 fully saturated rings. The number of alkyl halides is 3. The number of carbonyl (C=O) groups is 1. The van der Waals surface area contributed by atoms with Crippen molar-refractivity contribution >= 4 is 11.8 Å². The van der Waals surface area contributed by atoms with E-state index >= 15 is 0 Å². The van der Waals surface area contributed by atoms with Crippen LogP contribution in [0.2, 0.25) is 0 Å². The van der Waals surface area contributed by atoms with Crippen molar-refractivity contribution in [3.8, 4) is 11.5 Å². The molecule has 0 aliphatic carbocycles. The molecule has 3 N–H and O–H groups in total. The smallest absolute Gasteiger partial charge is 0.494 e. The molecule has 0 bridgehead atoms. The minimum absolute atomic E-state index is 0.0117. The molecule has 1 aliphatic heterocycles. The fourth-order valence-corrected chi connectivity index (χ4v) is 5.34. The van der Waals surface area contributed by atoms with Gasteiger partial charge in [-0.1, -0.05) is 71.8 Å². The van der Waals surface area contributed by atoms with E-state index in [1.54, 1.807) is 24.3 Å². The molecular weight excluding hydrogens is 641 g/mol. The normalized spacial score (nSPS) is 17.0. The van der Waals surface area contributed by atoms with Gasteiger partial charge in [-0.05, 0) is 64.2 Å². The highest BCUT2D eigenvalue weighted by Crippen LogP contribution is 2.43. The van der Waals surface area contributed by atoms with E-state index in [0.717, 1.165) is 0 Å². The number of rotatable bonds is 15. The van der Waals surface area contributed by atoms with E-state index < -0.39 is 23.9 Å². The Labute approximate surface area is 280 Å². The maximum Gasteiger partial charge on any atom is 0.573 e. The number of benzene rings is 4. The zero-order valence-corrected chi connectivity index (χ0v) is 26.1. The molecular formula is C35H33F3N6O5. The molecule has 1 amide bonds. The largest absolute Gasteiger partial charge is 0.573 e. The van der Waals surface area contributed by atoms with Crippen molar-refractivity contribution in [1.82, 2.24) is 10.9 Å². The van der Waals surface area contributed by atoms with E-state index in [1.807, 2.05) is 54.6 Å². The lowest BCUT2D eigenvalue weighted by molar-refractivity contribution is -0.274. The number of azide groups is 1. The number of amides is 1. The first-order valence-electron chi connectivity index (χ1n) is 15.3. The third-order valence-corrected chi connectivity index (χ3v) is 7.67. The number of ether oxygens (including phenoxy) is 3. The van der Waals surface area contributed by atoms with Crippen LogP contribution < -0.4 is 20.3 Å². The van der Waals surface area contributed by atoms with E-state index in [2.05, 4.69) is 25.6 Å². The quantitative estimate of drug-likeness (QED) is 0.0432. The number of nitrogens with zero attached hydrogens (tertiary/aromatic N) is 4. The predicted octanol–water partition coefficient (Wildman–Crippen LogP) is 6.48. The van der Waals surface area contributed by atoms with Crippen LogP contribution in [0.4, 0.5) is 13.2 Å². The second-order valence-electron chi connectivity index (χ2n) is 11.0. The van der Waals surface area contributed by atoms with Crippen molar-refractivity contribution in [2.24, 2.45) is 10.1 Å². The molecule has 0 saturated carbocycles. The Morgan fingerprint density at radius 1 is 0.959 bits per heavy atom. The lowest BCUT2D eigenvalue weighted by atomic mass is 9.81. The van der Waals surface area contributed by atoms with Crippen molar-refractivity contribution in [3.05, 3.63) is 141 Å². The number of aliphatic hydroxyl groups is 1. The zero-order valence-electron chi connectivity index (χ0n) is 26.1. The summed E-state index contributed by atoms with van der Waals surface area (Å²) in [6, 6.07) is 28.8. The lowest BCUT2D eigenvalue weighted by Crippen LogP contribution is -2.53. The number of hydrogen-bond acceptors (Lipinski definition) is 8. The van der Waals surface area contributed by atoms with Gasteiger partial charge in [0.25, 0.3) is 5.91 Å². The summed E-state index contributed by atoms with van der Waals surface area (Å²) in [6.45, 7) is 0.493. The molecule has 5 rings (SSSR count). The summed E-state index contributed by atoms with van der Waals surface area (Å²) in [5.41, 5.74) is 16.3. The first-order valence-corrected chi connectivity index (χ1v) is 15.3. The van der Waals surface area contributed by atoms with Gasteiger partial charge in [0.15, 0.2) is 11.6 Å². The Morgan fingerprint density at radius 2 is 1.63 bits per heavy atom. The zero-order chi connectivity index (χ0) is 34.7. The van der Waals surface area contributed by atoms with Gasteiger partial charge in [0.05, 0.1) is 13.2 Å². The Hall–Kier alpha value is -5.56. The summed E-state index contributed by atoms with van der Waals surface area (Å²) >= 11 is 0. The van der Waals surface area contributed by atoms with Crippen LogP contribution in [0.15, 0.2) is 113 Å². The van der Waals surface area contributed by atoms with E-state index in [-0.39, 0.29) is 37.8 Å². The highest BCUT2D eigenvalue weighted by Gasteiger charge is 2.53. The Morgan fingerprint density at radius 3 is 2.31 bits per heavy atom. The molecule has 0 spiro atoms. The van der Waals surface area contributed by atoms with Crippen molar-refractivity contribution in [2.75, 3.05) is 13.2 Å². The molecule has 4 aromatic rings. The van der Waals surface area contributed by atoms with Crippen LogP contribution in [-0.2, 0) is 29.0 Å². The average molecular weight is 675 g/mol. The highest BCUT2D eigenvalue weighted by molar-refractivity contribution is 6.01. The molecule has 0 radical (unpaired) electrons. The summed E-state index contributed by atoms with van der Waals surface area (Å²) < 4.78 is 53.9. The summed E-state index contributed by atoms with van der Waals surface area (Å²) in [5.74, 6) is -0.0812. The first-order chi connectivity index (χ1) is 23.7. The first kappa shape index (κ1) is 34.8. The van der Waals surface area contributed by atoms with Gasteiger partial charge in [0.1, 0.15) is 11.5 Å². The van der Waals surface area contributed by atoms with Gasteiger partial charge >= 0.3 is 6.36 Å². The Bertz CT molecular complexity index is 1780. The molecule has 0 aromatic heterocycles. The van der Waals surface area contributed by atoms with Gasteiger partial charge in [-0.3, -0.25) is 10.2 Å².